The topological polar surface area (TPSA) is 58.4 Å². The van der Waals surface area contributed by atoms with Gasteiger partial charge in [-0.15, -0.1) is 0 Å². The molecule has 4 rings (SSSR count). The Bertz CT molecular complexity index is 679. The van der Waals surface area contributed by atoms with Crippen LogP contribution < -0.4 is 0 Å². The first kappa shape index (κ1) is 11.9. The van der Waals surface area contributed by atoms with E-state index in [9.17, 15) is 9.90 Å². The molecule has 0 amide bonds. The molecule has 2 aliphatic rings. The van der Waals surface area contributed by atoms with E-state index < -0.39 is 5.97 Å². The number of aromatic carboxylic acids is 1. The number of benzene rings is 1. The van der Waals surface area contributed by atoms with Crippen molar-refractivity contribution in [3.63, 3.8) is 0 Å². The molecule has 2 unspecified atom stereocenters. The molecule has 5 nitrogen and oxygen atoms in total. The molecule has 2 aliphatic heterocycles. The predicted octanol–water partition coefficient (Wildman–Crippen LogP) is 2.14. The molecule has 1 aromatic carbocycles. The molecular formula is C15H17N3O2. The van der Waals surface area contributed by atoms with Gasteiger partial charge in [0.25, 0.3) is 0 Å². The summed E-state index contributed by atoms with van der Waals surface area (Å²) in [5, 5.41) is 9.25. The fourth-order valence-electron chi connectivity index (χ4n) is 3.87. The monoisotopic (exact) mass is 271 g/mol. The van der Waals surface area contributed by atoms with Crippen molar-refractivity contribution in [1.82, 2.24) is 14.5 Å². The minimum atomic E-state index is -0.908. The van der Waals surface area contributed by atoms with Gasteiger partial charge < -0.3 is 9.67 Å². The van der Waals surface area contributed by atoms with Crippen molar-refractivity contribution in [3.8, 4) is 0 Å². The van der Waals surface area contributed by atoms with E-state index in [-0.39, 0.29) is 0 Å². The molecule has 1 N–H and O–H groups in total. The minimum absolute atomic E-state index is 0.294. The van der Waals surface area contributed by atoms with Crippen LogP contribution in [0.3, 0.4) is 0 Å². The van der Waals surface area contributed by atoms with Gasteiger partial charge in [-0.1, -0.05) is 6.07 Å². The van der Waals surface area contributed by atoms with E-state index in [2.05, 4.69) is 14.5 Å². The van der Waals surface area contributed by atoms with Gasteiger partial charge >= 0.3 is 5.97 Å². The SMILES string of the molecule is O=C(O)c1cccc2c1ncn2C1CCN2CCCC12. The third-order valence-corrected chi connectivity index (χ3v) is 4.76. The first-order valence-electron chi connectivity index (χ1n) is 7.18. The molecule has 20 heavy (non-hydrogen) atoms. The second-order valence-electron chi connectivity index (χ2n) is 5.73. The fraction of sp³-hybridized carbons (Fsp3) is 0.467. The standard InChI is InChI=1S/C15H17N3O2/c19-15(20)10-3-1-4-13-14(10)16-9-18(13)12-6-8-17-7-2-5-11(12)17/h1,3-4,9,11-12H,2,5-8H2,(H,19,20). The highest BCUT2D eigenvalue weighted by Gasteiger charge is 2.38. The maximum atomic E-state index is 11.3. The lowest BCUT2D eigenvalue weighted by Crippen LogP contribution is -2.27. The maximum Gasteiger partial charge on any atom is 0.337 e. The summed E-state index contributed by atoms with van der Waals surface area (Å²) in [7, 11) is 0. The molecule has 0 radical (unpaired) electrons. The Hall–Kier alpha value is -1.88. The lowest BCUT2D eigenvalue weighted by molar-refractivity contribution is 0.0699. The first-order chi connectivity index (χ1) is 9.75. The van der Waals surface area contributed by atoms with Crippen molar-refractivity contribution in [1.29, 1.82) is 0 Å². The summed E-state index contributed by atoms with van der Waals surface area (Å²) < 4.78 is 2.19. The molecular weight excluding hydrogens is 254 g/mol. The van der Waals surface area contributed by atoms with E-state index in [1.807, 2.05) is 18.5 Å². The van der Waals surface area contributed by atoms with Gasteiger partial charge in [0.15, 0.2) is 0 Å². The first-order valence-corrected chi connectivity index (χ1v) is 7.18. The number of fused-ring (bicyclic) bond motifs is 2. The second-order valence-corrected chi connectivity index (χ2v) is 5.73. The highest BCUT2D eigenvalue weighted by atomic mass is 16.4. The number of carboxylic acid groups (broad SMARTS) is 1. The number of hydrogen-bond acceptors (Lipinski definition) is 3. The van der Waals surface area contributed by atoms with E-state index in [0.717, 1.165) is 18.5 Å². The lowest BCUT2D eigenvalue weighted by Gasteiger charge is -2.22. The van der Waals surface area contributed by atoms with Gasteiger partial charge in [-0.25, -0.2) is 9.78 Å². The summed E-state index contributed by atoms with van der Waals surface area (Å²) in [6.07, 6.45) is 5.47. The third kappa shape index (κ3) is 1.59. The van der Waals surface area contributed by atoms with Crippen LogP contribution in [0.2, 0.25) is 0 Å². The summed E-state index contributed by atoms with van der Waals surface area (Å²) in [4.78, 5) is 18.2. The van der Waals surface area contributed by atoms with Crippen molar-refractivity contribution in [2.45, 2.75) is 31.3 Å². The summed E-state index contributed by atoms with van der Waals surface area (Å²) in [6.45, 7) is 2.35. The zero-order valence-corrected chi connectivity index (χ0v) is 11.2. The van der Waals surface area contributed by atoms with E-state index in [1.165, 1.54) is 19.4 Å². The van der Waals surface area contributed by atoms with Crippen molar-refractivity contribution < 1.29 is 9.90 Å². The number of para-hydroxylation sites is 1. The van der Waals surface area contributed by atoms with Gasteiger partial charge in [0, 0.05) is 12.6 Å². The summed E-state index contributed by atoms with van der Waals surface area (Å²) in [5.41, 5.74) is 1.85. The van der Waals surface area contributed by atoms with Crippen LogP contribution in [0.4, 0.5) is 0 Å². The normalized spacial score (nSPS) is 26.2. The van der Waals surface area contributed by atoms with E-state index in [0.29, 0.717) is 23.2 Å². The van der Waals surface area contributed by atoms with Crippen molar-refractivity contribution in [2.75, 3.05) is 13.1 Å². The van der Waals surface area contributed by atoms with E-state index in [1.54, 1.807) is 6.07 Å². The van der Waals surface area contributed by atoms with Crippen LogP contribution in [0, 0.1) is 0 Å². The van der Waals surface area contributed by atoms with Crippen LogP contribution >= 0.6 is 0 Å². The van der Waals surface area contributed by atoms with Crippen LogP contribution in [0.1, 0.15) is 35.7 Å². The van der Waals surface area contributed by atoms with Gasteiger partial charge in [-0.2, -0.15) is 0 Å². The van der Waals surface area contributed by atoms with Crippen LogP contribution in [0.25, 0.3) is 11.0 Å². The van der Waals surface area contributed by atoms with Crippen LogP contribution in [0.5, 0.6) is 0 Å². The molecule has 2 saturated heterocycles. The summed E-state index contributed by atoms with van der Waals surface area (Å²) in [6, 6.07) is 6.45. The van der Waals surface area contributed by atoms with Gasteiger partial charge in [0.05, 0.1) is 23.4 Å². The molecule has 104 valence electrons. The Kier molecular flexibility index (Phi) is 2.57. The summed E-state index contributed by atoms with van der Waals surface area (Å²) in [5.74, 6) is -0.908. The minimum Gasteiger partial charge on any atom is -0.478 e. The van der Waals surface area contributed by atoms with Gasteiger partial charge in [0.1, 0.15) is 5.52 Å². The largest absolute Gasteiger partial charge is 0.478 e. The smallest absolute Gasteiger partial charge is 0.337 e. The Morgan fingerprint density at radius 2 is 2.15 bits per heavy atom. The Labute approximate surface area is 116 Å². The molecule has 2 aromatic rings. The molecule has 2 atom stereocenters. The van der Waals surface area contributed by atoms with Gasteiger partial charge in [-0.05, 0) is 37.9 Å². The quantitative estimate of drug-likeness (QED) is 0.909. The van der Waals surface area contributed by atoms with E-state index in [4.69, 9.17) is 0 Å². The molecule has 0 aliphatic carbocycles. The molecule has 0 bridgehead atoms. The molecule has 0 spiro atoms. The third-order valence-electron chi connectivity index (χ3n) is 4.76. The van der Waals surface area contributed by atoms with Crippen molar-refractivity contribution in [2.24, 2.45) is 0 Å². The number of carbonyl (C=O) groups is 1. The maximum absolute atomic E-state index is 11.3. The second kappa shape index (κ2) is 4.31. The molecule has 3 heterocycles. The molecule has 2 fully saturated rings. The number of imidazole rings is 1. The van der Waals surface area contributed by atoms with Crippen molar-refractivity contribution in [3.05, 3.63) is 30.1 Å². The lowest BCUT2D eigenvalue weighted by atomic mass is 10.1. The molecule has 5 heteroatoms. The van der Waals surface area contributed by atoms with Crippen LogP contribution in [0.15, 0.2) is 24.5 Å². The zero-order valence-electron chi connectivity index (χ0n) is 11.2. The zero-order chi connectivity index (χ0) is 13.7. The highest BCUT2D eigenvalue weighted by molar-refractivity contribution is 6.00. The van der Waals surface area contributed by atoms with Gasteiger partial charge in [-0.3, -0.25) is 4.90 Å². The summed E-state index contributed by atoms with van der Waals surface area (Å²) >= 11 is 0. The van der Waals surface area contributed by atoms with E-state index >= 15 is 0 Å². The number of nitrogens with zero attached hydrogens (tertiary/aromatic N) is 3. The number of hydrogen-bond donors (Lipinski definition) is 1. The van der Waals surface area contributed by atoms with Crippen LogP contribution in [-0.2, 0) is 0 Å². The number of rotatable bonds is 2. The Balaban J connectivity index is 1.81. The van der Waals surface area contributed by atoms with Gasteiger partial charge in [0.2, 0.25) is 0 Å². The highest BCUT2D eigenvalue weighted by Crippen LogP contribution is 2.37. The average Bonchev–Trinajstić information content (AvgIpc) is 3.11. The average molecular weight is 271 g/mol. The number of aromatic nitrogens is 2. The van der Waals surface area contributed by atoms with Crippen LogP contribution in [-0.4, -0.2) is 44.7 Å². The Morgan fingerprint density at radius 3 is 3.00 bits per heavy atom. The fourth-order valence-corrected chi connectivity index (χ4v) is 3.87. The predicted molar refractivity (Wildman–Crippen MR) is 74.9 cm³/mol. The number of carboxylic acids is 1. The Morgan fingerprint density at radius 1 is 1.25 bits per heavy atom. The molecule has 1 aromatic heterocycles. The van der Waals surface area contributed by atoms with Crippen molar-refractivity contribution >= 4 is 17.0 Å². The molecule has 0 saturated carbocycles.